The standard InChI is InChI=1S/C20H25BrN2O5.2ClH/c1-25-19-10-15(11-23-5-4-22-6-7-24)8-16(21)20(19)26-12-14-2-3-17-18(9-14)28-13-27-17;;/h2-3,8-10,22-24H,4-7,11-13H2,1H3;2*1H. The summed E-state index contributed by atoms with van der Waals surface area (Å²) in [6, 6.07) is 9.75. The predicted octanol–water partition coefficient (Wildman–Crippen LogP) is 3.28. The molecule has 168 valence electrons. The van der Waals surface area contributed by atoms with Gasteiger partial charge in [0.05, 0.1) is 18.2 Å². The molecule has 0 saturated carbocycles. The lowest BCUT2D eigenvalue weighted by Gasteiger charge is -2.15. The van der Waals surface area contributed by atoms with Crippen molar-refractivity contribution in [3.63, 3.8) is 0 Å². The largest absolute Gasteiger partial charge is 0.493 e. The summed E-state index contributed by atoms with van der Waals surface area (Å²) in [4.78, 5) is 0. The zero-order chi connectivity index (χ0) is 19.8. The van der Waals surface area contributed by atoms with E-state index in [4.69, 9.17) is 24.1 Å². The Morgan fingerprint density at radius 2 is 1.77 bits per heavy atom. The average molecular weight is 526 g/mol. The summed E-state index contributed by atoms with van der Waals surface area (Å²) in [5.74, 6) is 2.83. The molecular formula is C20H27BrCl2N2O5. The Morgan fingerprint density at radius 3 is 2.53 bits per heavy atom. The molecule has 0 spiro atoms. The van der Waals surface area contributed by atoms with Crippen LogP contribution in [0.25, 0.3) is 0 Å². The number of methoxy groups -OCH3 is 1. The number of benzene rings is 2. The number of halogens is 3. The molecule has 3 rings (SSSR count). The van der Waals surface area contributed by atoms with Gasteiger partial charge < -0.3 is 34.7 Å². The van der Waals surface area contributed by atoms with E-state index in [0.717, 1.165) is 40.2 Å². The number of rotatable bonds is 11. The Bertz CT molecular complexity index is 798. The van der Waals surface area contributed by atoms with Crippen molar-refractivity contribution in [2.24, 2.45) is 0 Å². The Balaban J connectivity index is 0.00000225. The van der Waals surface area contributed by atoms with E-state index in [-0.39, 0.29) is 38.2 Å². The normalized spacial score (nSPS) is 11.4. The molecule has 0 atom stereocenters. The summed E-state index contributed by atoms with van der Waals surface area (Å²) in [5, 5.41) is 15.2. The molecule has 0 unspecified atom stereocenters. The van der Waals surface area contributed by atoms with E-state index in [1.165, 1.54) is 0 Å². The van der Waals surface area contributed by atoms with Gasteiger partial charge in [-0.15, -0.1) is 24.8 Å². The third kappa shape index (κ3) is 7.37. The second kappa shape index (κ2) is 13.8. The van der Waals surface area contributed by atoms with Crippen molar-refractivity contribution in [1.29, 1.82) is 0 Å². The Labute approximate surface area is 197 Å². The van der Waals surface area contributed by atoms with E-state index >= 15 is 0 Å². The molecule has 1 heterocycles. The molecule has 0 amide bonds. The second-order valence-electron chi connectivity index (χ2n) is 6.24. The van der Waals surface area contributed by atoms with Crippen LogP contribution in [-0.2, 0) is 13.2 Å². The van der Waals surface area contributed by atoms with Crippen molar-refractivity contribution < 1.29 is 24.1 Å². The highest BCUT2D eigenvalue weighted by atomic mass is 79.9. The maximum Gasteiger partial charge on any atom is 0.231 e. The third-order valence-electron chi connectivity index (χ3n) is 4.21. The van der Waals surface area contributed by atoms with Gasteiger partial charge in [0.2, 0.25) is 6.79 Å². The van der Waals surface area contributed by atoms with Crippen LogP contribution in [0, 0.1) is 0 Å². The van der Waals surface area contributed by atoms with Crippen LogP contribution in [-0.4, -0.2) is 45.3 Å². The van der Waals surface area contributed by atoms with Gasteiger partial charge in [0, 0.05) is 26.2 Å². The summed E-state index contributed by atoms with van der Waals surface area (Å²) in [6.07, 6.45) is 0. The molecule has 2 aromatic carbocycles. The van der Waals surface area contributed by atoms with E-state index < -0.39 is 0 Å². The highest BCUT2D eigenvalue weighted by molar-refractivity contribution is 9.10. The Morgan fingerprint density at radius 1 is 1.00 bits per heavy atom. The lowest BCUT2D eigenvalue weighted by Crippen LogP contribution is -2.28. The molecule has 2 aromatic rings. The van der Waals surface area contributed by atoms with E-state index in [1.807, 2.05) is 30.3 Å². The summed E-state index contributed by atoms with van der Waals surface area (Å²) < 4.78 is 23.1. The minimum Gasteiger partial charge on any atom is -0.493 e. The minimum absolute atomic E-state index is 0. The molecule has 10 heteroatoms. The summed E-state index contributed by atoms with van der Waals surface area (Å²) >= 11 is 3.59. The highest BCUT2D eigenvalue weighted by Crippen LogP contribution is 2.38. The van der Waals surface area contributed by atoms with E-state index in [2.05, 4.69) is 26.6 Å². The van der Waals surface area contributed by atoms with Crippen LogP contribution in [0.4, 0.5) is 0 Å². The fourth-order valence-corrected chi connectivity index (χ4v) is 3.42. The number of nitrogens with one attached hydrogen (secondary N) is 2. The molecular weight excluding hydrogens is 499 g/mol. The molecule has 0 aromatic heterocycles. The zero-order valence-electron chi connectivity index (χ0n) is 16.6. The monoisotopic (exact) mass is 524 g/mol. The van der Waals surface area contributed by atoms with Crippen LogP contribution in [0.15, 0.2) is 34.8 Å². The lowest BCUT2D eigenvalue weighted by atomic mass is 10.2. The van der Waals surface area contributed by atoms with Crippen molar-refractivity contribution in [3.8, 4) is 23.0 Å². The van der Waals surface area contributed by atoms with E-state index in [0.29, 0.717) is 31.2 Å². The molecule has 0 fully saturated rings. The van der Waals surface area contributed by atoms with Crippen LogP contribution < -0.4 is 29.6 Å². The number of fused-ring (bicyclic) bond motifs is 1. The van der Waals surface area contributed by atoms with Crippen LogP contribution >= 0.6 is 40.7 Å². The average Bonchev–Trinajstić information content (AvgIpc) is 3.17. The molecule has 3 N–H and O–H groups in total. The molecule has 0 aliphatic carbocycles. The van der Waals surface area contributed by atoms with Gasteiger partial charge in [0.1, 0.15) is 6.61 Å². The quantitative estimate of drug-likeness (QED) is 0.388. The van der Waals surface area contributed by atoms with Crippen molar-refractivity contribution in [2.45, 2.75) is 13.2 Å². The molecule has 1 aliphatic rings. The Hall–Kier alpha value is -1.42. The third-order valence-corrected chi connectivity index (χ3v) is 4.79. The molecule has 7 nitrogen and oxygen atoms in total. The van der Waals surface area contributed by atoms with Crippen LogP contribution in [0.5, 0.6) is 23.0 Å². The van der Waals surface area contributed by atoms with Crippen molar-refractivity contribution in [1.82, 2.24) is 10.6 Å². The topological polar surface area (TPSA) is 81.2 Å². The number of aliphatic hydroxyl groups is 1. The predicted molar refractivity (Wildman–Crippen MR) is 124 cm³/mol. The first-order valence-electron chi connectivity index (χ1n) is 9.11. The van der Waals surface area contributed by atoms with Crippen LogP contribution in [0.2, 0.25) is 0 Å². The van der Waals surface area contributed by atoms with E-state index in [1.54, 1.807) is 7.11 Å². The number of hydrogen-bond acceptors (Lipinski definition) is 7. The summed E-state index contributed by atoms with van der Waals surface area (Å²) in [7, 11) is 1.63. The van der Waals surface area contributed by atoms with Crippen molar-refractivity contribution >= 4 is 40.7 Å². The van der Waals surface area contributed by atoms with Gasteiger partial charge in [-0.25, -0.2) is 0 Å². The maximum absolute atomic E-state index is 8.75. The fourth-order valence-electron chi connectivity index (χ4n) is 2.82. The fraction of sp³-hybridized carbons (Fsp3) is 0.400. The molecule has 1 aliphatic heterocycles. The maximum atomic E-state index is 8.75. The minimum atomic E-state index is 0. The van der Waals surface area contributed by atoms with Crippen LogP contribution in [0.1, 0.15) is 11.1 Å². The van der Waals surface area contributed by atoms with Gasteiger partial charge in [0.25, 0.3) is 0 Å². The Kier molecular flexibility index (Phi) is 12.2. The second-order valence-corrected chi connectivity index (χ2v) is 7.09. The molecule has 0 radical (unpaired) electrons. The SMILES string of the molecule is COc1cc(CNCCNCCO)cc(Br)c1OCc1ccc2c(c1)OCO2.Cl.Cl. The first kappa shape index (κ1) is 26.6. The molecule has 0 bridgehead atoms. The zero-order valence-corrected chi connectivity index (χ0v) is 19.8. The highest BCUT2D eigenvalue weighted by Gasteiger charge is 2.15. The first-order valence-corrected chi connectivity index (χ1v) is 9.90. The number of hydrogen-bond donors (Lipinski definition) is 3. The molecule has 0 saturated heterocycles. The van der Waals surface area contributed by atoms with Gasteiger partial charge in [-0.3, -0.25) is 0 Å². The van der Waals surface area contributed by atoms with Crippen LogP contribution in [0.3, 0.4) is 0 Å². The van der Waals surface area contributed by atoms with Crippen molar-refractivity contribution in [2.75, 3.05) is 40.1 Å². The van der Waals surface area contributed by atoms with Gasteiger partial charge in [-0.05, 0) is 51.3 Å². The first-order chi connectivity index (χ1) is 13.7. The van der Waals surface area contributed by atoms with Gasteiger partial charge in [-0.1, -0.05) is 6.07 Å². The van der Waals surface area contributed by atoms with Gasteiger partial charge in [-0.2, -0.15) is 0 Å². The summed E-state index contributed by atoms with van der Waals surface area (Å²) in [6.45, 7) is 3.72. The summed E-state index contributed by atoms with van der Waals surface area (Å²) in [5.41, 5.74) is 2.07. The van der Waals surface area contributed by atoms with Crippen molar-refractivity contribution in [3.05, 3.63) is 45.9 Å². The number of ether oxygens (including phenoxy) is 4. The smallest absolute Gasteiger partial charge is 0.231 e. The van der Waals surface area contributed by atoms with Gasteiger partial charge in [0.15, 0.2) is 23.0 Å². The lowest BCUT2D eigenvalue weighted by molar-refractivity contribution is 0.174. The molecule has 30 heavy (non-hydrogen) atoms. The van der Waals surface area contributed by atoms with E-state index in [9.17, 15) is 0 Å². The van der Waals surface area contributed by atoms with Gasteiger partial charge >= 0.3 is 0 Å². The number of aliphatic hydroxyl groups excluding tert-OH is 1.